The van der Waals surface area contributed by atoms with Crippen LogP contribution in [0.1, 0.15) is 22.7 Å². The number of benzene rings is 3. The van der Waals surface area contributed by atoms with Gasteiger partial charge in [0.2, 0.25) is 0 Å². The van der Waals surface area contributed by atoms with E-state index < -0.39 is 23.7 Å². The van der Waals surface area contributed by atoms with Crippen LogP contribution in [-0.2, 0) is 11.0 Å². The van der Waals surface area contributed by atoms with Crippen molar-refractivity contribution in [2.75, 3.05) is 12.4 Å². The molecule has 9 heteroatoms. The van der Waals surface area contributed by atoms with Gasteiger partial charge in [0.25, 0.3) is 11.7 Å². The van der Waals surface area contributed by atoms with Crippen LogP contribution in [0.2, 0.25) is 0 Å². The number of hydrogen-bond donors (Lipinski definition) is 0. The molecule has 0 saturated carbocycles. The molecule has 5 nitrogen and oxygen atoms in total. The largest absolute Gasteiger partial charge is 0.496 e. The molecule has 1 aliphatic heterocycles. The third-order valence-electron chi connectivity index (χ3n) is 5.44. The fraction of sp³-hybridized carbons (Fsp3) is 0.182. The number of nitrogens with zero attached hydrogens (tertiary/aromatic N) is 3. The Kier molecular flexibility index (Phi) is 4.47. The lowest BCUT2D eigenvalue weighted by molar-refractivity contribution is -0.535. The van der Waals surface area contributed by atoms with Crippen LogP contribution < -0.4 is 4.74 Å². The van der Waals surface area contributed by atoms with Gasteiger partial charge < -0.3 is 4.74 Å². The normalized spacial score (nSPS) is 18.0. The predicted molar refractivity (Wildman–Crippen MR) is 112 cm³/mol. The first-order valence-electron chi connectivity index (χ1n) is 9.33. The topological polar surface area (TPSA) is 54.0 Å². The van der Waals surface area contributed by atoms with E-state index in [4.69, 9.17) is 4.74 Å². The molecule has 31 heavy (non-hydrogen) atoms. The van der Waals surface area contributed by atoms with Crippen molar-refractivity contribution >= 4 is 49.7 Å². The number of amides is 1. The predicted octanol–water partition coefficient (Wildman–Crippen LogP) is 6.07. The number of fused-ring (bicyclic) bond motifs is 4. The molecule has 3 aromatic rings. The number of halogens is 4. The zero-order valence-electron chi connectivity index (χ0n) is 16.1. The number of methoxy groups -OCH3 is 1. The minimum Gasteiger partial charge on any atom is -0.496 e. The highest BCUT2D eigenvalue weighted by Gasteiger charge is 2.47. The minimum atomic E-state index is -4.52. The van der Waals surface area contributed by atoms with Crippen LogP contribution in [0, 0.1) is 0 Å². The third-order valence-corrected chi connectivity index (χ3v) is 5.92. The average molecular weight is 489 g/mol. The van der Waals surface area contributed by atoms with Gasteiger partial charge in [-0.05, 0) is 23.6 Å². The minimum absolute atomic E-state index is 0.0147. The van der Waals surface area contributed by atoms with Crippen molar-refractivity contribution in [3.05, 3.63) is 65.2 Å². The smallest absolute Gasteiger partial charge is 0.416 e. The number of aliphatic imine (C=N–C) groups is 1. The zero-order chi connectivity index (χ0) is 21.9. The van der Waals surface area contributed by atoms with Crippen LogP contribution in [0.3, 0.4) is 0 Å². The van der Waals surface area contributed by atoms with Crippen molar-refractivity contribution in [1.29, 1.82) is 0 Å². The van der Waals surface area contributed by atoms with Gasteiger partial charge in [0.05, 0.1) is 23.6 Å². The Hall–Kier alpha value is -3.07. The number of alkyl halides is 4. The molecule has 1 unspecified atom stereocenters. The van der Waals surface area contributed by atoms with Crippen molar-refractivity contribution in [2.45, 2.75) is 12.2 Å². The van der Waals surface area contributed by atoms with Crippen LogP contribution in [0.4, 0.5) is 24.5 Å². The molecule has 0 fully saturated rings. The highest BCUT2D eigenvalue weighted by molar-refractivity contribution is 9.09. The summed E-state index contributed by atoms with van der Waals surface area (Å²) in [6, 6.07) is 12.2. The molecule has 0 saturated heterocycles. The molecule has 3 aromatic carbocycles. The summed E-state index contributed by atoms with van der Waals surface area (Å²) in [5, 5.41) is 6.02. The number of rotatable bonds is 2. The quantitative estimate of drug-likeness (QED) is 0.324. The summed E-state index contributed by atoms with van der Waals surface area (Å²) in [4.78, 5) is 16.9. The summed E-state index contributed by atoms with van der Waals surface area (Å²) in [6.07, 6.45) is -4.52. The molecule has 1 atom stereocenters. The van der Waals surface area contributed by atoms with E-state index in [1.54, 1.807) is 6.07 Å². The number of carbonyl (C=O) groups is 1. The van der Waals surface area contributed by atoms with Crippen molar-refractivity contribution in [2.24, 2.45) is 10.1 Å². The first kappa shape index (κ1) is 19.9. The van der Waals surface area contributed by atoms with E-state index in [9.17, 15) is 18.0 Å². The average Bonchev–Trinajstić information content (AvgIpc) is 3.09. The molecule has 1 amide bonds. The van der Waals surface area contributed by atoms with Gasteiger partial charge in [0, 0.05) is 22.1 Å². The summed E-state index contributed by atoms with van der Waals surface area (Å²) in [7, 11) is 1.53. The number of ether oxygens (including phenoxy) is 1. The van der Waals surface area contributed by atoms with Gasteiger partial charge in [0.1, 0.15) is 17.1 Å². The highest BCUT2D eigenvalue weighted by Crippen LogP contribution is 2.51. The zero-order valence-corrected chi connectivity index (χ0v) is 17.7. The lowest BCUT2D eigenvalue weighted by Crippen LogP contribution is -2.24. The second-order valence-electron chi connectivity index (χ2n) is 7.16. The SMILES string of the molecule is COc1ccc2cccc3c2c1C1=Nc2cc(C(F)(F)F)ccc2[N+](=NC(=O)CBr)C13. The van der Waals surface area contributed by atoms with Crippen LogP contribution >= 0.6 is 15.9 Å². The van der Waals surface area contributed by atoms with Gasteiger partial charge in [-0.3, -0.25) is 4.79 Å². The monoisotopic (exact) mass is 488 g/mol. The van der Waals surface area contributed by atoms with E-state index in [0.29, 0.717) is 22.7 Å². The van der Waals surface area contributed by atoms with E-state index >= 15 is 0 Å². The lowest BCUT2D eigenvalue weighted by atomic mass is 10.0. The number of carbonyl (C=O) groups excluding carboxylic acids is 1. The van der Waals surface area contributed by atoms with Gasteiger partial charge >= 0.3 is 12.1 Å². The third kappa shape index (κ3) is 2.98. The molecular formula is C22H14BrF3N3O2+. The van der Waals surface area contributed by atoms with Crippen LogP contribution in [0.25, 0.3) is 10.8 Å². The second kappa shape index (κ2) is 6.98. The van der Waals surface area contributed by atoms with E-state index in [-0.39, 0.29) is 11.0 Å². The number of azo groups is 2. The Morgan fingerprint density at radius 2 is 2.03 bits per heavy atom. The van der Waals surface area contributed by atoms with Crippen LogP contribution in [0.5, 0.6) is 5.75 Å². The van der Waals surface area contributed by atoms with Gasteiger partial charge in [-0.2, -0.15) is 13.2 Å². The van der Waals surface area contributed by atoms with Crippen molar-refractivity contribution in [1.82, 2.24) is 0 Å². The molecule has 1 heterocycles. The van der Waals surface area contributed by atoms with Crippen LogP contribution in [0.15, 0.2) is 58.6 Å². The molecule has 0 aromatic heterocycles. The van der Waals surface area contributed by atoms with Crippen LogP contribution in [-0.4, -0.2) is 28.8 Å². The Morgan fingerprint density at radius 3 is 2.74 bits per heavy atom. The fourth-order valence-electron chi connectivity index (χ4n) is 4.20. The lowest BCUT2D eigenvalue weighted by Gasteiger charge is -2.18. The maximum Gasteiger partial charge on any atom is 0.416 e. The molecule has 1 aliphatic carbocycles. The van der Waals surface area contributed by atoms with Gasteiger partial charge in [-0.25, -0.2) is 4.99 Å². The standard InChI is InChI=1S/C22H14BrF3N3O2/c1-31-16-8-5-11-3-2-4-13-18(11)19(16)20-21(13)29(28-17(30)10-23)15-7-6-12(22(24,25)26)9-14(15)27-20/h2-9,21H,10H2,1H3/q+1. The summed E-state index contributed by atoms with van der Waals surface area (Å²) < 4.78 is 47.0. The van der Waals surface area contributed by atoms with E-state index in [1.165, 1.54) is 17.9 Å². The van der Waals surface area contributed by atoms with Gasteiger partial charge in [-0.1, -0.05) is 44.9 Å². The van der Waals surface area contributed by atoms with Crippen molar-refractivity contribution in [3.8, 4) is 5.75 Å². The first-order chi connectivity index (χ1) is 14.8. The molecule has 0 bridgehead atoms. The maximum atomic E-state index is 13.3. The Labute approximate surface area is 183 Å². The molecule has 0 spiro atoms. The van der Waals surface area contributed by atoms with E-state index in [0.717, 1.165) is 28.5 Å². The fourth-order valence-corrected chi connectivity index (χ4v) is 4.31. The Bertz CT molecular complexity index is 1330. The summed E-state index contributed by atoms with van der Waals surface area (Å²) in [6.45, 7) is 0. The van der Waals surface area contributed by atoms with Gasteiger partial charge in [0.15, 0.2) is 0 Å². The molecule has 0 radical (unpaired) electrons. The van der Waals surface area contributed by atoms with E-state index in [1.807, 2.05) is 24.3 Å². The van der Waals surface area contributed by atoms with Crippen molar-refractivity contribution < 1.29 is 27.4 Å². The molecular weight excluding hydrogens is 475 g/mol. The maximum absolute atomic E-state index is 13.3. The second-order valence-corrected chi connectivity index (χ2v) is 7.72. The number of hydrogen-bond acceptors (Lipinski definition) is 3. The first-order valence-corrected chi connectivity index (χ1v) is 10.4. The van der Waals surface area contributed by atoms with Crippen molar-refractivity contribution in [3.63, 3.8) is 0 Å². The Balaban J connectivity index is 1.86. The summed E-state index contributed by atoms with van der Waals surface area (Å²) in [5.74, 6) is 0.102. The highest BCUT2D eigenvalue weighted by atomic mass is 79.9. The Morgan fingerprint density at radius 1 is 1.23 bits per heavy atom. The molecule has 2 aliphatic rings. The van der Waals surface area contributed by atoms with Gasteiger partial charge in [-0.15, -0.1) is 0 Å². The van der Waals surface area contributed by atoms with E-state index in [2.05, 4.69) is 26.0 Å². The molecule has 5 rings (SSSR count). The summed E-state index contributed by atoms with van der Waals surface area (Å²) >= 11 is 3.10. The summed E-state index contributed by atoms with van der Waals surface area (Å²) in [5.41, 5.74) is 1.68. The molecule has 156 valence electrons. The molecule has 0 N–H and O–H groups in total.